The van der Waals surface area contributed by atoms with E-state index in [1.54, 1.807) is 6.92 Å². The number of nitrogens with zero attached hydrogens (tertiary/aromatic N) is 2. The van der Waals surface area contributed by atoms with Crippen LogP contribution in [-0.2, 0) is 14.8 Å². The summed E-state index contributed by atoms with van der Waals surface area (Å²) in [4.78, 5) is 23.0. The number of hydrogen-bond acceptors (Lipinski definition) is 6. The molecule has 0 atom stereocenters. The number of nitrogens with one attached hydrogen (secondary N) is 1. The molecule has 9 nitrogen and oxygen atoms in total. The summed E-state index contributed by atoms with van der Waals surface area (Å²) in [5.41, 5.74) is 0.463. The van der Waals surface area contributed by atoms with E-state index in [0.29, 0.717) is 5.56 Å². The van der Waals surface area contributed by atoms with Crippen molar-refractivity contribution in [2.24, 2.45) is 0 Å². The first-order valence-electron chi connectivity index (χ1n) is 8.74. The van der Waals surface area contributed by atoms with E-state index in [1.807, 2.05) is 0 Å². The first-order chi connectivity index (χ1) is 14.1. The molecule has 0 bridgehead atoms. The quantitative estimate of drug-likeness (QED) is 0.524. The van der Waals surface area contributed by atoms with Gasteiger partial charge in [-0.3, -0.25) is 14.9 Å². The van der Waals surface area contributed by atoms with E-state index in [-0.39, 0.29) is 58.2 Å². The molecule has 3 rings (SSSR count). The molecule has 30 heavy (non-hydrogen) atoms. The zero-order valence-corrected chi connectivity index (χ0v) is 18.1. The SMILES string of the molecule is Cc1ccc([N+](=O)[O-])cc1NC(=O)c1cc(S(=O)(=O)N2CCOCC2)c(Cl)cc1Cl. The Morgan fingerprint density at radius 1 is 1.17 bits per heavy atom. The molecule has 1 N–H and O–H groups in total. The van der Waals surface area contributed by atoms with Crippen molar-refractivity contribution in [3.05, 3.63) is 61.6 Å². The fourth-order valence-corrected chi connectivity index (χ4v) is 5.12. The monoisotopic (exact) mass is 473 g/mol. The molecular weight excluding hydrogens is 457 g/mol. The van der Waals surface area contributed by atoms with Crippen LogP contribution in [-0.4, -0.2) is 49.9 Å². The van der Waals surface area contributed by atoms with Gasteiger partial charge in [-0.25, -0.2) is 8.42 Å². The van der Waals surface area contributed by atoms with E-state index < -0.39 is 20.9 Å². The van der Waals surface area contributed by atoms with Crippen molar-refractivity contribution in [3.63, 3.8) is 0 Å². The van der Waals surface area contributed by atoms with E-state index >= 15 is 0 Å². The average molecular weight is 474 g/mol. The number of halogens is 2. The molecule has 1 heterocycles. The number of rotatable bonds is 5. The van der Waals surface area contributed by atoms with Gasteiger partial charge in [0.25, 0.3) is 11.6 Å². The second-order valence-electron chi connectivity index (χ2n) is 6.49. The number of ether oxygens (including phenoxy) is 1. The van der Waals surface area contributed by atoms with Gasteiger partial charge in [0.2, 0.25) is 10.0 Å². The number of aryl methyl sites for hydroxylation is 1. The summed E-state index contributed by atoms with van der Waals surface area (Å²) in [5.74, 6) is -0.723. The first-order valence-corrected chi connectivity index (χ1v) is 10.9. The molecule has 0 aromatic heterocycles. The van der Waals surface area contributed by atoms with Crippen LogP contribution in [0.1, 0.15) is 15.9 Å². The van der Waals surface area contributed by atoms with Crippen molar-refractivity contribution in [2.75, 3.05) is 31.6 Å². The third kappa shape index (κ3) is 4.57. The topological polar surface area (TPSA) is 119 Å². The molecule has 0 aliphatic carbocycles. The number of carbonyl (C=O) groups excluding carboxylic acids is 1. The lowest BCUT2D eigenvalue weighted by atomic mass is 10.1. The van der Waals surface area contributed by atoms with Gasteiger partial charge in [0, 0.05) is 25.2 Å². The van der Waals surface area contributed by atoms with Gasteiger partial charge in [-0.2, -0.15) is 4.31 Å². The zero-order valence-electron chi connectivity index (χ0n) is 15.7. The smallest absolute Gasteiger partial charge is 0.271 e. The van der Waals surface area contributed by atoms with Gasteiger partial charge in [-0.15, -0.1) is 0 Å². The average Bonchev–Trinajstić information content (AvgIpc) is 2.69. The maximum atomic E-state index is 13.0. The number of morpholine rings is 1. The number of anilines is 1. The highest BCUT2D eigenvalue weighted by atomic mass is 35.5. The lowest BCUT2D eigenvalue weighted by Gasteiger charge is -2.26. The second-order valence-corrected chi connectivity index (χ2v) is 9.21. The first kappa shape index (κ1) is 22.4. The van der Waals surface area contributed by atoms with E-state index in [0.717, 1.165) is 6.07 Å². The normalized spacial score (nSPS) is 15.0. The summed E-state index contributed by atoms with van der Waals surface area (Å²) in [6, 6.07) is 6.31. The van der Waals surface area contributed by atoms with Crippen LogP contribution < -0.4 is 5.32 Å². The van der Waals surface area contributed by atoms with Gasteiger partial charge >= 0.3 is 0 Å². The molecule has 1 aliphatic rings. The molecular formula is C18H17Cl2N3O6S. The van der Waals surface area contributed by atoms with Gasteiger partial charge in [0.05, 0.1) is 39.4 Å². The number of nitro groups is 1. The van der Waals surface area contributed by atoms with Crippen molar-refractivity contribution >= 4 is 50.5 Å². The van der Waals surface area contributed by atoms with Crippen molar-refractivity contribution in [2.45, 2.75) is 11.8 Å². The van der Waals surface area contributed by atoms with Gasteiger partial charge < -0.3 is 10.1 Å². The van der Waals surface area contributed by atoms with E-state index in [9.17, 15) is 23.3 Å². The second kappa shape index (κ2) is 8.86. The van der Waals surface area contributed by atoms with Crippen LogP contribution in [0.4, 0.5) is 11.4 Å². The summed E-state index contributed by atoms with van der Waals surface area (Å²) >= 11 is 12.3. The minimum atomic E-state index is -3.97. The number of nitro benzene ring substituents is 1. The Morgan fingerprint density at radius 3 is 2.47 bits per heavy atom. The van der Waals surface area contributed by atoms with Crippen molar-refractivity contribution in [3.8, 4) is 0 Å². The fourth-order valence-electron chi connectivity index (χ4n) is 2.87. The highest BCUT2D eigenvalue weighted by molar-refractivity contribution is 7.89. The highest BCUT2D eigenvalue weighted by Gasteiger charge is 2.30. The molecule has 2 aromatic carbocycles. The number of hydrogen-bond donors (Lipinski definition) is 1. The maximum absolute atomic E-state index is 13.0. The molecule has 2 aromatic rings. The molecule has 0 saturated carbocycles. The Hall–Kier alpha value is -2.24. The molecule has 12 heteroatoms. The molecule has 0 spiro atoms. The number of non-ortho nitro benzene ring substituents is 1. The molecule has 1 amide bonds. The van der Waals surface area contributed by atoms with Gasteiger partial charge in [0.15, 0.2) is 0 Å². The number of amides is 1. The van der Waals surface area contributed by atoms with Crippen LogP contribution in [0, 0.1) is 17.0 Å². The van der Waals surface area contributed by atoms with E-state index in [2.05, 4.69) is 5.32 Å². The highest BCUT2D eigenvalue weighted by Crippen LogP contribution is 2.32. The van der Waals surface area contributed by atoms with Crippen molar-refractivity contribution in [1.82, 2.24) is 4.31 Å². The van der Waals surface area contributed by atoms with E-state index in [4.69, 9.17) is 27.9 Å². The molecule has 0 unspecified atom stereocenters. The zero-order chi connectivity index (χ0) is 22.1. The molecule has 160 valence electrons. The molecule has 1 aliphatic heterocycles. The lowest BCUT2D eigenvalue weighted by Crippen LogP contribution is -2.40. The Bertz CT molecular complexity index is 1120. The molecule has 0 radical (unpaired) electrons. The largest absolute Gasteiger partial charge is 0.379 e. The Morgan fingerprint density at radius 2 is 1.83 bits per heavy atom. The Labute approximate surface area is 182 Å². The van der Waals surface area contributed by atoms with Crippen LogP contribution in [0.5, 0.6) is 0 Å². The number of carbonyl (C=O) groups is 1. The standard InChI is InChI=1S/C18H17Cl2N3O6S/c1-11-2-3-12(23(25)26)8-16(11)21-18(24)13-9-17(15(20)10-14(13)19)30(27,28)22-4-6-29-7-5-22/h2-3,8-10H,4-7H2,1H3,(H,21,24). The van der Waals surface area contributed by atoms with Gasteiger partial charge in [-0.05, 0) is 24.6 Å². The summed E-state index contributed by atoms with van der Waals surface area (Å²) < 4.78 is 32.3. The third-order valence-corrected chi connectivity index (χ3v) is 7.21. The van der Waals surface area contributed by atoms with Crippen molar-refractivity contribution < 1.29 is 22.9 Å². The Balaban J connectivity index is 1.97. The van der Waals surface area contributed by atoms with Crippen LogP contribution >= 0.6 is 23.2 Å². The summed E-state index contributed by atoms with van der Waals surface area (Å²) in [5, 5.41) is 13.4. The van der Waals surface area contributed by atoms with Crippen LogP contribution in [0.3, 0.4) is 0 Å². The molecule has 1 saturated heterocycles. The van der Waals surface area contributed by atoms with E-state index in [1.165, 1.54) is 28.6 Å². The minimum Gasteiger partial charge on any atom is -0.379 e. The summed E-state index contributed by atoms with van der Waals surface area (Å²) in [6.45, 7) is 2.50. The number of benzene rings is 2. The number of sulfonamides is 1. The lowest BCUT2D eigenvalue weighted by molar-refractivity contribution is -0.384. The maximum Gasteiger partial charge on any atom is 0.271 e. The predicted molar refractivity (Wildman–Crippen MR) is 112 cm³/mol. The van der Waals surface area contributed by atoms with Crippen molar-refractivity contribution in [1.29, 1.82) is 0 Å². The van der Waals surface area contributed by atoms with Crippen LogP contribution in [0.15, 0.2) is 35.2 Å². The van der Waals surface area contributed by atoms with Gasteiger partial charge in [-0.1, -0.05) is 29.3 Å². The molecule has 1 fully saturated rings. The van der Waals surface area contributed by atoms with Crippen LogP contribution in [0.25, 0.3) is 0 Å². The van der Waals surface area contributed by atoms with Crippen LogP contribution in [0.2, 0.25) is 10.0 Å². The third-order valence-electron chi connectivity index (χ3n) is 4.53. The van der Waals surface area contributed by atoms with Gasteiger partial charge in [0.1, 0.15) is 4.90 Å². The minimum absolute atomic E-state index is 0.0542. The summed E-state index contributed by atoms with van der Waals surface area (Å²) in [6.07, 6.45) is 0. The predicted octanol–water partition coefficient (Wildman–Crippen LogP) is 3.48. The summed E-state index contributed by atoms with van der Waals surface area (Å²) in [7, 11) is -3.97. The Kier molecular flexibility index (Phi) is 6.63. The fraction of sp³-hybridized carbons (Fsp3) is 0.278.